The topological polar surface area (TPSA) is 52.0 Å². The second-order valence-electron chi connectivity index (χ2n) is 6.26. The maximum atomic E-state index is 12.5. The predicted octanol–water partition coefficient (Wildman–Crippen LogP) is 2.55. The number of nitrogens with one attached hydrogen (secondary N) is 2. The second kappa shape index (κ2) is 9.59. The number of carbonyl (C=O) groups excluding carboxylic acids is 1. The second-order valence-corrected chi connectivity index (χ2v) is 7.17. The van der Waals surface area contributed by atoms with Gasteiger partial charge in [0.15, 0.2) is 17.5 Å². The van der Waals surface area contributed by atoms with E-state index in [9.17, 15) is 4.79 Å². The first-order valence-electron chi connectivity index (χ1n) is 8.54. The van der Waals surface area contributed by atoms with E-state index in [2.05, 4.69) is 21.2 Å². The number of likely N-dealkylation sites (N-methyl/N-ethyl adjacent to an activating group) is 1. The number of hydrogen-bond donors (Lipinski definition) is 2. The van der Waals surface area contributed by atoms with Gasteiger partial charge in [0.2, 0.25) is 0 Å². The van der Waals surface area contributed by atoms with Crippen molar-refractivity contribution in [2.75, 3.05) is 33.1 Å². The fraction of sp³-hybridized carbons (Fsp3) is 0.350. The molecule has 2 N–H and O–H groups in total. The van der Waals surface area contributed by atoms with Crippen LogP contribution in [0.25, 0.3) is 0 Å². The highest BCUT2D eigenvalue weighted by Crippen LogP contribution is 2.27. The van der Waals surface area contributed by atoms with Gasteiger partial charge in [0.25, 0.3) is 5.91 Å². The Labute approximate surface area is 163 Å². The van der Waals surface area contributed by atoms with Crippen LogP contribution in [-0.2, 0) is 11.2 Å². The number of carbonyl (C=O) groups is 1. The molecule has 2 aromatic carbocycles. The Hall–Kier alpha value is -2.05. The van der Waals surface area contributed by atoms with E-state index in [1.165, 1.54) is 0 Å². The van der Waals surface area contributed by atoms with Gasteiger partial charge in [0.1, 0.15) is 0 Å². The molecular weight excluding hydrogens is 396 g/mol. The van der Waals surface area contributed by atoms with E-state index in [4.69, 9.17) is 9.47 Å². The van der Waals surface area contributed by atoms with Gasteiger partial charge in [-0.15, -0.1) is 0 Å². The van der Waals surface area contributed by atoms with Gasteiger partial charge >= 0.3 is 0 Å². The third kappa shape index (κ3) is 5.47. The van der Waals surface area contributed by atoms with Crippen molar-refractivity contribution in [3.8, 4) is 11.5 Å². The van der Waals surface area contributed by atoms with Crippen LogP contribution in [0.5, 0.6) is 11.5 Å². The number of halogens is 1. The van der Waals surface area contributed by atoms with Gasteiger partial charge in [-0.3, -0.25) is 4.79 Å². The van der Waals surface area contributed by atoms with Gasteiger partial charge in [-0.05, 0) is 42.8 Å². The van der Waals surface area contributed by atoms with E-state index in [0.717, 1.165) is 45.1 Å². The molecule has 0 bridgehead atoms. The average Bonchev–Trinajstić information content (AvgIpc) is 2.65. The Balaban J connectivity index is 1.92. The van der Waals surface area contributed by atoms with Crippen molar-refractivity contribution in [2.45, 2.75) is 19.4 Å². The number of benzene rings is 2. The van der Waals surface area contributed by atoms with Gasteiger partial charge in [-0.2, -0.15) is 0 Å². The normalized spacial score (nSPS) is 13.0. The Morgan fingerprint density at radius 2 is 1.88 bits per heavy atom. The zero-order chi connectivity index (χ0) is 19.1. The molecule has 0 aliphatic carbocycles. The van der Waals surface area contributed by atoms with Gasteiger partial charge in [0.05, 0.1) is 27.8 Å². The summed E-state index contributed by atoms with van der Waals surface area (Å²) in [6.45, 7) is 2.78. The molecule has 26 heavy (non-hydrogen) atoms. The molecule has 0 saturated carbocycles. The summed E-state index contributed by atoms with van der Waals surface area (Å²) in [5, 5.41) is 2.97. The number of quaternary nitrogens is 1. The van der Waals surface area contributed by atoms with Crippen LogP contribution in [0.15, 0.2) is 46.9 Å². The maximum Gasteiger partial charge on any atom is 0.282 e. The van der Waals surface area contributed by atoms with Crippen molar-refractivity contribution in [1.29, 1.82) is 0 Å². The Bertz CT molecular complexity index is 752. The Morgan fingerprint density at radius 1 is 1.15 bits per heavy atom. The van der Waals surface area contributed by atoms with Crippen LogP contribution in [0.1, 0.15) is 12.5 Å². The largest absolute Gasteiger partial charge is 0.493 e. The molecular formula is C20H26BrN2O3+. The van der Waals surface area contributed by atoms with Crippen molar-refractivity contribution in [3.63, 3.8) is 0 Å². The number of hydrogen-bond acceptors (Lipinski definition) is 3. The number of methoxy groups -OCH3 is 2. The molecule has 140 valence electrons. The van der Waals surface area contributed by atoms with Crippen molar-refractivity contribution >= 4 is 27.5 Å². The van der Waals surface area contributed by atoms with E-state index >= 15 is 0 Å². The fourth-order valence-electron chi connectivity index (χ4n) is 2.63. The van der Waals surface area contributed by atoms with Crippen molar-refractivity contribution < 1.29 is 19.2 Å². The first-order chi connectivity index (χ1) is 12.4. The molecule has 2 aromatic rings. The predicted molar refractivity (Wildman–Crippen MR) is 107 cm³/mol. The fourth-order valence-corrected chi connectivity index (χ4v) is 3.03. The molecule has 0 saturated heterocycles. The smallest absolute Gasteiger partial charge is 0.282 e. The minimum Gasteiger partial charge on any atom is -0.493 e. The van der Waals surface area contributed by atoms with Crippen LogP contribution in [0.4, 0.5) is 5.69 Å². The lowest BCUT2D eigenvalue weighted by atomic mass is 10.1. The molecule has 5 nitrogen and oxygen atoms in total. The van der Waals surface area contributed by atoms with Crippen molar-refractivity contribution in [1.82, 2.24) is 0 Å². The van der Waals surface area contributed by atoms with E-state index < -0.39 is 0 Å². The van der Waals surface area contributed by atoms with Crippen LogP contribution in [0, 0.1) is 0 Å². The van der Waals surface area contributed by atoms with E-state index in [1.54, 1.807) is 14.2 Å². The first kappa shape index (κ1) is 20.3. The number of anilines is 1. The molecule has 2 atom stereocenters. The van der Waals surface area contributed by atoms with Gasteiger partial charge in [-0.25, -0.2) is 0 Å². The van der Waals surface area contributed by atoms with E-state index in [-0.39, 0.29) is 11.9 Å². The lowest BCUT2D eigenvalue weighted by Gasteiger charge is -2.21. The SMILES string of the molecule is COc1ccc(CC[NH+](C)[C@H](C)C(=O)Nc2cccc(Br)c2)cc1OC. The molecule has 0 fully saturated rings. The highest BCUT2D eigenvalue weighted by atomic mass is 79.9. The summed E-state index contributed by atoms with van der Waals surface area (Å²) in [5.41, 5.74) is 1.95. The summed E-state index contributed by atoms with van der Waals surface area (Å²) in [7, 11) is 5.29. The standard InChI is InChI=1S/C20H25BrN2O3/c1-14(20(24)22-17-7-5-6-16(21)13-17)23(2)11-10-15-8-9-18(25-3)19(12-15)26-4/h5-9,12-14H,10-11H2,1-4H3,(H,22,24)/p+1/t14-/m1/s1. The highest BCUT2D eigenvalue weighted by Gasteiger charge is 2.21. The summed E-state index contributed by atoms with van der Waals surface area (Å²) in [6.07, 6.45) is 0.848. The third-order valence-corrected chi connectivity index (χ3v) is 4.97. The minimum absolute atomic E-state index is 0.00733. The van der Waals surface area contributed by atoms with Crippen LogP contribution in [0.2, 0.25) is 0 Å². The minimum atomic E-state index is -0.158. The first-order valence-corrected chi connectivity index (χ1v) is 9.33. The molecule has 1 amide bonds. The molecule has 0 heterocycles. The lowest BCUT2D eigenvalue weighted by molar-refractivity contribution is -0.893. The molecule has 0 aliphatic heterocycles. The Morgan fingerprint density at radius 3 is 2.54 bits per heavy atom. The molecule has 0 aliphatic rings. The van der Waals surface area contributed by atoms with Crippen molar-refractivity contribution in [2.24, 2.45) is 0 Å². The third-order valence-electron chi connectivity index (χ3n) is 4.48. The zero-order valence-electron chi connectivity index (χ0n) is 15.6. The molecule has 1 unspecified atom stereocenters. The van der Waals surface area contributed by atoms with Gasteiger partial charge in [-0.1, -0.05) is 28.1 Å². The average molecular weight is 422 g/mol. The van der Waals surface area contributed by atoms with Crippen molar-refractivity contribution in [3.05, 3.63) is 52.5 Å². The van der Waals surface area contributed by atoms with Crippen LogP contribution in [0.3, 0.4) is 0 Å². The monoisotopic (exact) mass is 421 g/mol. The Kier molecular flexibility index (Phi) is 7.48. The molecule has 0 spiro atoms. The number of ether oxygens (including phenoxy) is 2. The van der Waals surface area contributed by atoms with Gasteiger partial charge in [0, 0.05) is 16.6 Å². The molecule has 0 aromatic heterocycles. The summed E-state index contributed by atoms with van der Waals surface area (Å²) >= 11 is 3.42. The van der Waals surface area contributed by atoms with E-state index in [1.807, 2.05) is 56.4 Å². The quantitative estimate of drug-likeness (QED) is 0.688. The summed E-state index contributed by atoms with van der Waals surface area (Å²) < 4.78 is 11.6. The van der Waals surface area contributed by atoms with Gasteiger partial charge < -0.3 is 19.7 Å². The summed E-state index contributed by atoms with van der Waals surface area (Å²) in [5.74, 6) is 1.45. The van der Waals surface area contributed by atoms with Crippen LogP contribution >= 0.6 is 15.9 Å². The highest BCUT2D eigenvalue weighted by molar-refractivity contribution is 9.10. The lowest BCUT2D eigenvalue weighted by Crippen LogP contribution is -3.14. The van der Waals surface area contributed by atoms with Crippen LogP contribution < -0.4 is 19.7 Å². The molecule has 2 rings (SSSR count). The maximum absolute atomic E-state index is 12.5. The van der Waals surface area contributed by atoms with E-state index in [0.29, 0.717) is 0 Å². The number of amides is 1. The number of rotatable bonds is 8. The summed E-state index contributed by atoms with van der Waals surface area (Å²) in [4.78, 5) is 13.6. The molecule has 0 radical (unpaired) electrons. The molecule has 6 heteroatoms. The zero-order valence-corrected chi connectivity index (χ0v) is 17.2. The summed E-state index contributed by atoms with van der Waals surface area (Å²) in [6, 6.07) is 13.4. The van der Waals surface area contributed by atoms with Crippen LogP contribution in [-0.4, -0.2) is 39.8 Å².